The number of aromatic nitrogens is 1. The van der Waals surface area contributed by atoms with Crippen molar-refractivity contribution in [1.29, 1.82) is 0 Å². The number of benzene rings is 2. The first-order valence-corrected chi connectivity index (χ1v) is 13.4. The molecule has 0 aliphatic heterocycles. The van der Waals surface area contributed by atoms with Crippen molar-refractivity contribution in [3.63, 3.8) is 0 Å². The number of aromatic amines is 1. The van der Waals surface area contributed by atoms with E-state index in [1.165, 1.54) is 0 Å². The Morgan fingerprint density at radius 2 is 1.37 bits per heavy atom. The van der Waals surface area contributed by atoms with Crippen LogP contribution in [0, 0.1) is 0 Å². The number of H-pyrrole nitrogens is 1. The first-order valence-electron chi connectivity index (χ1n) is 13.4. The highest BCUT2D eigenvalue weighted by Gasteiger charge is 2.32. The Morgan fingerprint density at radius 3 is 2.02 bits per heavy atom. The summed E-state index contributed by atoms with van der Waals surface area (Å²) in [5.41, 5.74) is 13.4. The molecule has 0 saturated heterocycles. The maximum atomic E-state index is 13.3. The van der Waals surface area contributed by atoms with Gasteiger partial charge in [0.2, 0.25) is 23.6 Å². The lowest BCUT2D eigenvalue weighted by atomic mass is 10.0. The molecule has 14 nitrogen and oxygen atoms in total. The monoisotopic (exact) mass is 594 g/mol. The fraction of sp³-hybridized carbons (Fsp3) is 0.310. The van der Waals surface area contributed by atoms with Crippen LogP contribution in [-0.2, 0) is 41.6 Å². The number of carbonyl (C=O) groups excluding carboxylic acids is 4. The van der Waals surface area contributed by atoms with Crippen molar-refractivity contribution < 1.29 is 39.0 Å². The zero-order valence-corrected chi connectivity index (χ0v) is 23.1. The summed E-state index contributed by atoms with van der Waals surface area (Å²) >= 11 is 0. The van der Waals surface area contributed by atoms with Crippen LogP contribution in [0.25, 0.3) is 10.9 Å². The number of carbonyl (C=O) groups is 6. The molecule has 0 spiro atoms. The van der Waals surface area contributed by atoms with Crippen molar-refractivity contribution in [2.75, 3.05) is 0 Å². The number of amides is 4. The smallest absolute Gasteiger partial charge is 0.326 e. The van der Waals surface area contributed by atoms with Crippen molar-refractivity contribution in [1.82, 2.24) is 20.9 Å². The average molecular weight is 595 g/mol. The molecule has 0 fully saturated rings. The van der Waals surface area contributed by atoms with Crippen LogP contribution in [-0.4, -0.2) is 74.9 Å². The van der Waals surface area contributed by atoms with E-state index < -0.39 is 66.2 Å². The molecule has 3 rings (SSSR count). The molecule has 0 aliphatic rings. The third-order valence-corrected chi connectivity index (χ3v) is 6.67. The lowest BCUT2D eigenvalue weighted by molar-refractivity contribution is -0.143. The maximum Gasteiger partial charge on any atom is 0.326 e. The molecular weight excluding hydrogens is 560 g/mol. The summed E-state index contributed by atoms with van der Waals surface area (Å²) in [5, 5.41) is 26.9. The second-order valence-corrected chi connectivity index (χ2v) is 9.98. The number of carboxylic acid groups (broad SMARTS) is 2. The molecule has 1 heterocycles. The number of nitrogens with one attached hydrogen (secondary N) is 4. The van der Waals surface area contributed by atoms with E-state index in [0.717, 1.165) is 16.5 Å². The molecule has 228 valence electrons. The molecule has 43 heavy (non-hydrogen) atoms. The van der Waals surface area contributed by atoms with Crippen molar-refractivity contribution in [3.05, 3.63) is 71.9 Å². The van der Waals surface area contributed by atoms with E-state index in [1.807, 2.05) is 24.3 Å². The van der Waals surface area contributed by atoms with E-state index in [4.69, 9.17) is 11.5 Å². The number of fused-ring (bicyclic) bond motifs is 1. The van der Waals surface area contributed by atoms with Crippen LogP contribution in [0.4, 0.5) is 0 Å². The Bertz CT molecular complexity index is 1470. The number of hydrogen-bond acceptors (Lipinski definition) is 7. The van der Waals surface area contributed by atoms with Crippen molar-refractivity contribution >= 4 is 46.5 Å². The molecule has 4 atom stereocenters. The van der Waals surface area contributed by atoms with Crippen LogP contribution < -0.4 is 27.4 Å². The summed E-state index contributed by atoms with van der Waals surface area (Å²) in [6.45, 7) is 0. The molecule has 3 aromatic rings. The lowest BCUT2D eigenvalue weighted by Gasteiger charge is -2.25. The second kappa shape index (κ2) is 15.1. The topological polar surface area (TPSA) is 247 Å². The molecule has 4 unspecified atom stereocenters. The van der Waals surface area contributed by atoms with E-state index >= 15 is 0 Å². The second-order valence-electron chi connectivity index (χ2n) is 9.98. The Hall–Kier alpha value is -5.24. The molecule has 0 radical (unpaired) electrons. The highest BCUT2D eigenvalue weighted by molar-refractivity contribution is 5.96. The third kappa shape index (κ3) is 9.67. The van der Waals surface area contributed by atoms with Gasteiger partial charge >= 0.3 is 11.9 Å². The van der Waals surface area contributed by atoms with Crippen molar-refractivity contribution in [3.8, 4) is 0 Å². The predicted molar refractivity (Wildman–Crippen MR) is 154 cm³/mol. The first kappa shape index (κ1) is 32.3. The van der Waals surface area contributed by atoms with Crippen LogP contribution in [0.3, 0.4) is 0 Å². The zero-order valence-electron chi connectivity index (χ0n) is 23.1. The van der Waals surface area contributed by atoms with Crippen LogP contribution in [0.1, 0.15) is 30.4 Å². The van der Waals surface area contributed by atoms with Gasteiger partial charge in [0, 0.05) is 29.9 Å². The van der Waals surface area contributed by atoms with Gasteiger partial charge in [-0.2, -0.15) is 0 Å². The quantitative estimate of drug-likeness (QED) is 0.107. The van der Waals surface area contributed by atoms with Gasteiger partial charge in [-0.05, 0) is 30.0 Å². The largest absolute Gasteiger partial charge is 0.481 e. The number of para-hydroxylation sites is 1. The number of nitrogens with two attached hydrogens (primary N) is 2. The Kier molecular flexibility index (Phi) is 11.3. The Morgan fingerprint density at radius 1 is 0.767 bits per heavy atom. The number of hydrogen-bond donors (Lipinski definition) is 8. The van der Waals surface area contributed by atoms with Crippen LogP contribution in [0.2, 0.25) is 0 Å². The first-order chi connectivity index (χ1) is 20.4. The van der Waals surface area contributed by atoms with Gasteiger partial charge in [0.1, 0.15) is 18.1 Å². The summed E-state index contributed by atoms with van der Waals surface area (Å²) in [6, 6.07) is 10.3. The maximum absolute atomic E-state index is 13.3. The van der Waals surface area contributed by atoms with Gasteiger partial charge < -0.3 is 42.6 Å². The fourth-order valence-electron chi connectivity index (χ4n) is 4.44. The molecule has 4 amide bonds. The molecule has 0 bridgehead atoms. The summed E-state index contributed by atoms with van der Waals surface area (Å²) in [6.07, 6.45) is 0.312. The minimum absolute atomic E-state index is 0.0889. The van der Waals surface area contributed by atoms with E-state index in [9.17, 15) is 39.0 Å². The van der Waals surface area contributed by atoms with Gasteiger partial charge in [-0.25, -0.2) is 4.79 Å². The Labute approximate surface area is 246 Å². The van der Waals surface area contributed by atoms with E-state index in [0.29, 0.717) is 5.56 Å². The van der Waals surface area contributed by atoms with E-state index in [1.54, 1.807) is 36.5 Å². The number of aliphatic carboxylic acids is 2. The predicted octanol–water partition coefficient (Wildman–Crippen LogP) is -0.440. The van der Waals surface area contributed by atoms with Gasteiger partial charge in [0.15, 0.2) is 0 Å². The van der Waals surface area contributed by atoms with Gasteiger partial charge in [0.25, 0.3) is 0 Å². The summed E-state index contributed by atoms with van der Waals surface area (Å²) in [7, 11) is 0. The number of rotatable bonds is 16. The molecule has 0 aliphatic carbocycles. The molecule has 0 saturated carbocycles. The van der Waals surface area contributed by atoms with Gasteiger partial charge in [-0.15, -0.1) is 0 Å². The van der Waals surface area contributed by atoms with Crippen molar-refractivity contribution in [2.45, 2.75) is 56.3 Å². The highest BCUT2D eigenvalue weighted by Crippen LogP contribution is 2.19. The van der Waals surface area contributed by atoms with Gasteiger partial charge in [-0.1, -0.05) is 48.5 Å². The number of primary amides is 1. The summed E-state index contributed by atoms with van der Waals surface area (Å²) < 4.78 is 0. The average Bonchev–Trinajstić information content (AvgIpc) is 3.36. The molecule has 2 aromatic carbocycles. The van der Waals surface area contributed by atoms with E-state index in [-0.39, 0.29) is 25.7 Å². The van der Waals surface area contributed by atoms with Gasteiger partial charge in [0.05, 0.1) is 12.5 Å². The fourth-order valence-corrected chi connectivity index (χ4v) is 4.44. The summed E-state index contributed by atoms with van der Waals surface area (Å²) in [4.78, 5) is 76.9. The van der Waals surface area contributed by atoms with Gasteiger partial charge in [-0.3, -0.25) is 24.0 Å². The van der Waals surface area contributed by atoms with Crippen LogP contribution in [0.5, 0.6) is 0 Å². The molecule has 10 N–H and O–H groups in total. The van der Waals surface area contributed by atoms with Crippen LogP contribution >= 0.6 is 0 Å². The molecule has 1 aromatic heterocycles. The zero-order chi connectivity index (χ0) is 31.5. The van der Waals surface area contributed by atoms with Crippen molar-refractivity contribution in [2.24, 2.45) is 11.5 Å². The van der Waals surface area contributed by atoms with Crippen LogP contribution in [0.15, 0.2) is 60.8 Å². The normalized spacial score (nSPS) is 13.7. The SMILES string of the molecule is NC(=O)CCC(NC(=O)C(Cc1ccccc1)NC(=O)C(CC(=O)O)NC(=O)C(N)Cc1c[nH]c2ccccc12)C(=O)O. The third-order valence-electron chi connectivity index (χ3n) is 6.67. The minimum atomic E-state index is -1.60. The standard InChI is InChI=1S/C29H34N6O8/c30-19(13-17-15-32-20-9-5-4-8-18(17)20)26(39)34-23(14-25(37)38)28(41)35-22(12-16-6-2-1-3-7-16)27(40)33-21(29(42)43)10-11-24(31)36/h1-9,15,19,21-23,32H,10-14,30H2,(H2,31,36)(H,33,40)(H,34,39)(H,35,41)(H,37,38)(H,42,43). The number of carboxylic acids is 2. The highest BCUT2D eigenvalue weighted by atomic mass is 16.4. The minimum Gasteiger partial charge on any atom is -0.481 e. The molecular formula is C29H34N6O8. The summed E-state index contributed by atoms with van der Waals surface area (Å²) in [5.74, 6) is -6.25. The van der Waals surface area contributed by atoms with E-state index in [2.05, 4.69) is 20.9 Å². The Balaban J connectivity index is 1.75. The molecule has 14 heteroatoms. The lowest BCUT2D eigenvalue weighted by Crippen LogP contribution is -2.58.